The average molecular weight is 564 g/mol. The van der Waals surface area contributed by atoms with E-state index in [0.29, 0.717) is 0 Å². The second-order valence-electron chi connectivity index (χ2n) is 8.79. The van der Waals surface area contributed by atoms with Gasteiger partial charge in [0.1, 0.15) is 0 Å². The molecule has 4 rings (SSSR count). The summed E-state index contributed by atoms with van der Waals surface area (Å²) >= 11 is 0. The first kappa shape index (κ1) is 25.8. The summed E-state index contributed by atoms with van der Waals surface area (Å²) in [5.41, 5.74) is 5.22. The first-order chi connectivity index (χ1) is 15.7. The Balaban J connectivity index is 0.00000306. The summed E-state index contributed by atoms with van der Waals surface area (Å²) < 4.78 is 5.46. The first-order valence-electron chi connectivity index (χ1n) is 11.9. The third-order valence-electron chi connectivity index (χ3n) is 6.38. The smallest absolute Gasteiger partial charge is 0.191 e. The van der Waals surface area contributed by atoms with Crippen molar-refractivity contribution in [1.29, 1.82) is 0 Å². The number of nitrogens with zero attached hydrogens (tertiary/aromatic N) is 3. The number of ether oxygens (including phenoxy) is 1. The Morgan fingerprint density at radius 3 is 2.48 bits per heavy atom. The number of halogens is 1. The van der Waals surface area contributed by atoms with Crippen LogP contribution < -0.4 is 15.5 Å². The summed E-state index contributed by atoms with van der Waals surface area (Å²) in [7, 11) is 1.83. The van der Waals surface area contributed by atoms with E-state index in [1.165, 1.54) is 48.3 Å². The SMILES string of the molecule is CN=C(NCc1cccc(CN2CCOCC2)c1)NC(C)c1cccc(N2CCCC2)c1.I. The lowest BCUT2D eigenvalue weighted by molar-refractivity contribution is 0.0342. The number of benzene rings is 2. The summed E-state index contributed by atoms with van der Waals surface area (Å²) in [4.78, 5) is 9.38. The number of nitrogens with one attached hydrogen (secondary N) is 2. The van der Waals surface area contributed by atoms with E-state index in [1.54, 1.807) is 0 Å². The number of aliphatic imine (C=N–C) groups is 1. The van der Waals surface area contributed by atoms with Crippen molar-refractivity contribution in [3.63, 3.8) is 0 Å². The van der Waals surface area contributed by atoms with Gasteiger partial charge in [-0.3, -0.25) is 9.89 Å². The predicted molar refractivity (Wildman–Crippen MR) is 148 cm³/mol. The molecule has 2 saturated heterocycles. The van der Waals surface area contributed by atoms with Gasteiger partial charge >= 0.3 is 0 Å². The molecule has 0 aromatic heterocycles. The molecule has 6 nitrogen and oxygen atoms in total. The standard InChI is InChI=1S/C26H37N5O.HI/c1-21(24-9-6-10-25(18-24)31-11-3-4-12-31)29-26(27-2)28-19-22-7-5-8-23(17-22)20-30-13-15-32-16-14-30;/h5-10,17-18,21H,3-4,11-16,19-20H2,1-2H3,(H2,27,28,29);1H. The molecule has 33 heavy (non-hydrogen) atoms. The molecule has 2 aromatic rings. The quantitative estimate of drug-likeness (QED) is 0.301. The van der Waals surface area contributed by atoms with E-state index in [-0.39, 0.29) is 30.0 Å². The van der Waals surface area contributed by atoms with Gasteiger partial charge in [-0.25, -0.2) is 0 Å². The van der Waals surface area contributed by atoms with Crippen LogP contribution in [0.25, 0.3) is 0 Å². The van der Waals surface area contributed by atoms with Gasteiger partial charge in [-0.2, -0.15) is 0 Å². The van der Waals surface area contributed by atoms with Crippen LogP contribution in [-0.2, 0) is 17.8 Å². The molecular weight excluding hydrogens is 525 g/mol. The van der Waals surface area contributed by atoms with Gasteiger partial charge in [0, 0.05) is 52.0 Å². The highest BCUT2D eigenvalue weighted by Crippen LogP contribution is 2.24. The second-order valence-corrected chi connectivity index (χ2v) is 8.79. The zero-order valence-corrected chi connectivity index (χ0v) is 22.3. The zero-order valence-electron chi connectivity index (χ0n) is 19.9. The highest BCUT2D eigenvalue weighted by atomic mass is 127. The molecule has 0 bridgehead atoms. The molecule has 7 heteroatoms. The molecule has 0 spiro atoms. The molecule has 2 heterocycles. The van der Waals surface area contributed by atoms with Crippen molar-refractivity contribution in [3.8, 4) is 0 Å². The Bertz CT molecular complexity index is 894. The lowest BCUT2D eigenvalue weighted by Gasteiger charge is -2.26. The van der Waals surface area contributed by atoms with Crippen molar-refractivity contribution >= 4 is 35.6 Å². The molecule has 0 amide bonds. The summed E-state index contributed by atoms with van der Waals surface area (Å²) in [5.74, 6) is 0.822. The van der Waals surface area contributed by atoms with Crippen LogP contribution in [0.3, 0.4) is 0 Å². The molecule has 0 aliphatic carbocycles. The fourth-order valence-corrected chi connectivity index (χ4v) is 4.49. The maximum atomic E-state index is 5.46. The lowest BCUT2D eigenvalue weighted by Crippen LogP contribution is -2.38. The maximum absolute atomic E-state index is 5.46. The number of guanidine groups is 1. The van der Waals surface area contributed by atoms with Gasteiger partial charge in [0.25, 0.3) is 0 Å². The monoisotopic (exact) mass is 563 g/mol. The summed E-state index contributed by atoms with van der Waals surface area (Å²) in [6.45, 7) is 9.94. The van der Waals surface area contributed by atoms with Gasteiger partial charge in [0.2, 0.25) is 0 Å². The van der Waals surface area contributed by atoms with E-state index >= 15 is 0 Å². The molecule has 2 fully saturated rings. The van der Waals surface area contributed by atoms with Crippen LogP contribution in [0.15, 0.2) is 53.5 Å². The van der Waals surface area contributed by atoms with Crippen molar-refractivity contribution in [2.24, 2.45) is 4.99 Å². The van der Waals surface area contributed by atoms with Crippen LogP contribution in [0.2, 0.25) is 0 Å². The highest BCUT2D eigenvalue weighted by Gasteiger charge is 2.15. The summed E-state index contributed by atoms with van der Waals surface area (Å²) in [5, 5.41) is 7.03. The largest absolute Gasteiger partial charge is 0.379 e. The van der Waals surface area contributed by atoms with Gasteiger partial charge in [-0.1, -0.05) is 36.4 Å². The molecule has 2 aliphatic rings. The molecule has 1 unspecified atom stereocenters. The van der Waals surface area contributed by atoms with E-state index in [9.17, 15) is 0 Å². The molecule has 0 saturated carbocycles. The Hall–Kier alpha value is -1.84. The third-order valence-corrected chi connectivity index (χ3v) is 6.38. The maximum Gasteiger partial charge on any atom is 0.191 e. The van der Waals surface area contributed by atoms with Gasteiger partial charge in [-0.15, -0.1) is 24.0 Å². The van der Waals surface area contributed by atoms with E-state index < -0.39 is 0 Å². The highest BCUT2D eigenvalue weighted by molar-refractivity contribution is 14.0. The van der Waals surface area contributed by atoms with Crippen LogP contribution in [0, 0.1) is 0 Å². The van der Waals surface area contributed by atoms with Crippen LogP contribution in [0.5, 0.6) is 0 Å². The normalized spacial score (nSPS) is 18.0. The van der Waals surface area contributed by atoms with Gasteiger partial charge in [0.05, 0.1) is 19.3 Å². The van der Waals surface area contributed by atoms with Crippen molar-refractivity contribution in [2.45, 2.75) is 38.9 Å². The van der Waals surface area contributed by atoms with E-state index in [4.69, 9.17) is 4.74 Å². The summed E-state index contributed by atoms with van der Waals surface area (Å²) in [6, 6.07) is 17.9. The van der Waals surface area contributed by atoms with Crippen LogP contribution >= 0.6 is 24.0 Å². The molecule has 2 N–H and O–H groups in total. The third kappa shape index (κ3) is 7.58. The fraction of sp³-hybridized carbons (Fsp3) is 0.500. The van der Waals surface area contributed by atoms with Crippen molar-refractivity contribution in [3.05, 3.63) is 65.2 Å². The summed E-state index contributed by atoms with van der Waals surface area (Å²) in [6.07, 6.45) is 2.59. The minimum atomic E-state index is 0. The minimum Gasteiger partial charge on any atom is -0.379 e. The van der Waals surface area contributed by atoms with Crippen molar-refractivity contribution < 1.29 is 4.74 Å². The number of anilines is 1. The van der Waals surface area contributed by atoms with Gasteiger partial charge < -0.3 is 20.3 Å². The number of hydrogen-bond acceptors (Lipinski definition) is 4. The van der Waals surface area contributed by atoms with Gasteiger partial charge in [-0.05, 0) is 48.6 Å². The van der Waals surface area contributed by atoms with E-state index in [0.717, 1.165) is 45.4 Å². The Morgan fingerprint density at radius 1 is 1.00 bits per heavy atom. The first-order valence-corrected chi connectivity index (χ1v) is 11.9. The Kier molecular flexibility index (Phi) is 10.3. The number of morpholine rings is 1. The van der Waals surface area contributed by atoms with Gasteiger partial charge in [0.15, 0.2) is 5.96 Å². The number of rotatable bonds is 7. The molecule has 0 radical (unpaired) electrons. The topological polar surface area (TPSA) is 52.1 Å². The molecule has 180 valence electrons. The van der Waals surface area contributed by atoms with Crippen molar-refractivity contribution in [2.75, 3.05) is 51.3 Å². The Morgan fingerprint density at radius 2 is 1.73 bits per heavy atom. The van der Waals surface area contributed by atoms with Crippen molar-refractivity contribution in [1.82, 2.24) is 15.5 Å². The molecule has 2 aliphatic heterocycles. The predicted octanol–water partition coefficient (Wildman–Crippen LogP) is 4.16. The Labute approximate surface area is 215 Å². The minimum absolute atomic E-state index is 0. The average Bonchev–Trinajstić information content (AvgIpc) is 3.38. The van der Waals surface area contributed by atoms with Crippen LogP contribution in [0.1, 0.15) is 42.5 Å². The zero-order chi connectivity index (χ0) is 22.2. The second kappa shape index (κ2) is 13.2. The van der Waals surface area contributed by atoms with E-state index in [1.807, 2.05) is 7.05 Å². The molecule has 2 aromatic carbocycles. The van der Waals surface area contributed by atoms with Crippen LogP contribution in [0.4, 0.5) is 5.69 Å². The number of hydrogen-bond donors (Lipinski definition) is 2. The molecular formula is C26H38IN5O. The lowest BCUT2D eigenvalue weighted by atomic mass is 10.1. The van der Waals surface area contributed by atoms with Crippen LogP contribution in [-0.4, -0.2) is 57.3 Å². The molecule has 1 atom stereocenters. The van der Waals surface area contributed by atoms with E-state index in [2.05, 4.69) is 80.9 Å². The fourth-order valence-electron chi connectivity index (χ4n) is 4.49.